The molecule has 2 aromatic rings. The number of carbonyl (C=O) groups is 1. The maximum absolute atomic E-state index is 12.6. The summed E-state index contributed by atoms with van der Waals surface area (Å²) in [6.45, 7) is 7.79. The molecule has 0 bridgehead atoms. The van der Waals surface area contributed by atoms with Gasteiger partial charge in [0.1, 0.15) is 6.10 Å². The molecule has 0 N–H and O–H groups in total. The molecule has 0 radical (unpaired) electrons. The zero-order valence-corrected chi connectivity index (χ0v) is 16.3. The summed E-state index contributed by atoms with van der Waals surface area (Å²) in [6.07, 6.45) is 3.32. The zero-order valence-electron chi connectivity index (χ0n) is 16.3. The molecule has 1 atom stereocenters. The lowest BCUT2D eigenvalue weighted by Crippen LogP contribution is -2.52. The van der Waals surface area contributed by atoms with Crippen LogP contribution in [0.1, 0.15) is 18.4 Å². The highest BCUT2D eigenvalue weighted by molar-refractivity contribution is 5.81. The van der Waals surface area contributed by atoms with Crippen molar-refractivity contribution in [3.63, 3.8) is 0 Å². The first-order valence-corrected chi connectivity index (χ1v) is 9.91. The Balaban J connectivity index is 1.50. The van der Waals surface area contributed by atoms with Gasteiger partial charge in [0.05, 0.1) is 11.6 Å². The number of hydrogen-bond donors (Lipinski definition) is 0. The Morgan fingerprint density at radius 3 is 2.62 bits per heavy atom. The molecule has 2 fully saturated rings. The minimum Gasteiger partial charge on any atom is -0.368 e. The number of aromatic nitrogens is 3. The Morgan fingerprint density at radius 2 is 2.00 bits per heavy atom. The smallest absolute Gasteiger partial charge is 0.251 e. The van der Waals surface area contributed by atoms with E-state index in [1.165, 1.54) is 0 Å². The van der Waals surface area contributed by atoms with Crippen LogP contribution in [-0.2, 0) is 16.1 Å². The molecule has 3 heterocycles. The van der Waals surface area contributed by atoms with Crippen LogP contribution < -0.4 is 4.90 Å². The van der Waals surface area contributed by atoms with Gasteiger partial charge in [-0.15, -0.1) is 16.8 Å². The maximum Gasteiger partial charge on any atom is 0.251 e. The minimum absolute atomic E-state index is 0.105. The standard InChI is InChI=1S/C21H24N6O2/c1-2-9-27-19(17-7-5-16(15-22)6-8-17)23-24-21(27)26-12-10-25(11-13-26)20(28)18-4-3-14-29-18/h2,5-8,18H,1,3-4,9-14H2. The SMILES string of the molecule is C=CCn1c(-c2ccc(C#N)cc2)nnc1N1CCN(C(=O)C2CCCO2)CC1. The van der Waals surface area contributed by atoms with Crippen molar-refractivity contribution in [2.24, 2.45) is 0 Å². The molecule has 1 aromatic heterocycles. The summed E-state index contributed by atoms with van der Waals surface area (Å²) in [5.41, 5.74) is 1.51. The van der Waals surface area contributed by atoms with E-state index in [0.29, 0.717) is 44.9 Å². The predicted molar refractivity (Wildman–Crippen MR) is 108 cm³/mol. The third-order valence-corrected chi connectivity index (χ3v) is 5.39. The number of piperazine rings is 1. The van der Waals surface area contributed by atoms with E-state index in [9.17, 15) is 4.79 Å². The Labute approximate surface area is 170 Å². The van der Waals surface area contributed by atoms with Gasteiger partial charge in [0, 0.05) is 44.9 Å². The third-order valence-electron chi connectivity index (χ3n) is 5.39. The molecule has 0 saturated carbocycles. The molecule has 8 nitrogen and oxygen atoms in total. The number of anilines is 1. The van der Waals surface area contributed by atoms with E-state index in [4.69, 9.17) is 10.00 Å². The number of allylic oxidation sites excluding steroid dienone is 1. The van der Waals surface area contributed by atoms with Crippen LogP contribution in [-0.4, -0.2) is 64.5 Å². The zero-order chi connectivity index (χ0) is 20.2. The van der Waals surface area contributed by atoms with Crippen molar-refractivity contribution < 1.29 is 9.53 Å². The average Bonchev–Trinajstić information content (AvgIpc) is 3.44. The molecule has 29 heavy (non-hydrogen) atoms. The monoisotopic (exact) mass is 392 g/mol. The number of nitriles is 1. The molecule has 0 aliphatic carbocycles. The minimum atomic E-state index is -0.269. The van der Waals surface area contributed by atoms with Crippen LogP contribution in [0.4, 0.5) is 5.95 Å². The molecule has 2 aliphatic heterocycles. The van der Waals surface area contributed by atoms with Crippen molar-refractivity contribution in [3.8, 4) is 17.5 Å². The van der Waals surface area contributed by atoms with E-state index in [-0.39, 0.29) is 12.0 Å². The van der Waals surface area contributed by atoms with Crippen LogP contribution in [0, 0.1) is 11.3 Å². The topological polar surface area (TPSA) is 87.3 Å². The fourth-order valence-corrected chi connectivity index (χ4v) is 3.84. The lowest BCUT2D eigenvalue weighted by molar-refractivity contribution is -0.141. The predicted octanol–water partition coefficient (Wildman–Crippen LogP) is 1.83. The van der Waals surface area contributed by atoms with Gasteiger partial charge < -0.3 is 14.5 Å². The van der Waals surface area contributed by atoms with E-state index in [2.05, 4.69) is 27.7 Å². The summed E-state index contributed by atoms with van der Waals surface area (Å²) in [6, 6.07) is 9.44. The summed E-state index contributed by atoms with van der Waals surface area (Å²) < 4.78 is 7.56. The summed E-state index contributed by atoms with van der Waals surface area (Å²) in [5, 5.41) is 17.8. The molecular formula is C21H24N6O2. The Bertz CT molecular complexity index is 916. The Kier molecular flexibility index (Phi) is 5.58. The lowest BCUT2D eigenvalue weighted by atomic mass is 10.1. The van der Waals surface area contributed by atoms with E-state index in [1.807, 2.05) is 27.7 Å². The number of carbonyl (C=O) groups excluding carboxylic acids is 1. The van der Waals surface area contributed by atoms with E-state index in [1.54, 1.807) is 12.1 Å². The molecule has 4 rings (SSSR count). The quantitative estimate of drug-likeness (QED) is 0.722. The second-order valence-electron chi connectivity index (χ2n) is 7.23. The third kappa shape index (κ3) is 3.87. The average molecular weight is 392 g/mol. The molecule has 8 heteroatoms. The first-order valence-electron chi connectivity index (χ1n) is 9.91. The highest BCUT2D eigenvalue weighted by Gasteiger charge is 2.31. The molecule has 150 valence electrons. The number of hydrogen-bond acceptors (Lipinski definition) is 6. The number of rotatable bonds is 5. The van der Waals surface area contributed by atoms with Gasteiger partial charge in [-0.05, 0) is 37.1 Å². The molecule has 1 unspecified atom stereocenters. The molecule has 2 aliphatic rings. The highest BCUT2D eigenvalue weighted by atomic mass is 16.5. The van der Waals surface area contributed by atoms with Gasteiger partial charge in [0.25, 0.3) is 5.91 Å². The van der Waals surface area contributed by atoms with Gasteiger partial charge in [0.2, 0.25) is 5.95 Å². The van der Waals surface area contributed by atoms with E-state index < -0.39 is 0 Å². The molecule has 1 amide bonds. The second-order valence-corrected chi connectivity index (χ2v) is 7.23. The molecular weight excluding hydrogens is 368 g/mol. The number of ether oxygens (including phenoxy) is 1. The number of benzene rings is 1. The van der Waals surface area contributed by atoms with Gasteiger partial charge in [-0.2, -0.15) is 5.26 Å². The molecule has 0 spiro atoms. The van der Waals surface area contributed by atoms with Gasteiger partial charge in [-0.25, -0.2) is 0 Å². The van der Waals surface area contributed by atoms with Crippen molar-refractivity contribution in [2.45, 2.75) is 25.5 Å². The summed E-state index contributed by atoms with van der Waals surface area (Å²) in [4.78, 5) is 16.6. The highest BCUT2D eigenvalue weighted by Crippen LogP contribution is 2.25. The van der Waals surface area contributed by atoms with Crippen molar-refractivity contribution in [1.82, 2.24) is 19.7 Å². The van der Waals surface area contributed by atoms with Crippen LogP contribution in [0.15, 0.2) is 36.9 Å². The fraction of sp³-hybridized carbons (Fsp3) is 0.429. The first-order chi connectivity index (χ1) is 14.2. The van der Waals surface area contributed by atoms with Crippen LogP contribution in [0.2, 0.25) is 0 Å². The largest absolute Gasteiger partial charge is 0.368 e. The van der Waals surface area contributed by atoms with Crippen LogP contribution >= 0.6 is 0 Å². The van der Waals surface area contributed by atoms with Crippen LogP contribution in [0.5, 0.6) is 0 Å². The number of amides is 1. The summed E-state index contributed by atoms with van der Waals surface area (Å²) >= 11 is 0. The van der Waals surface area contributed by atoms with Gasteiger partial charge >= 0.3 is 0 Å². The van der Waals surface area contributed by atoms with Crippen LogP contribution in [0.25, 0.3) is 11.4 Å². The van der Waals surface area contributed by atoms with E-state index in [0.717, 1.165) is 30.2 Å². The summed E-state index contributed by atoms with van der Waals surface area (Å²) in [7, 11) is 0. The number of nitrogens with zero attached hydrogens (tertiary/aromatic N) is 6. The lowest BCUT2D eigenvalue weighted by Gasteiger charge is -2.36. The van der Waals surface area contributed by atoms with Gasteiger partial charge in [-0.3, -0.25) is 9.36 Å². The molecule has 1 aromatic carbocycles. The van der Waals surface area contributed by atoms with Crippen molar-refractivity contribution in [2.75, 3.05) is 37.7 Å². The first kappa shape index (κ1) is 19.2. The van der Waals surface area contributed by atoms with Gasteiger partial charge in [0.15, 0.2) is 5.82 Å². The normalized spacial score (nSPS) is 19.2. The Morgan fingerprint density at radius 1 is 1.24 bits per heavy atom. The van der Waals surface area contributed by atoms with Crippen molar-refractivity contribution >= 4 is 11.9 Å². The van der Waals surface area contributed by atoms with Crippen LogP contribution in [0.3, 0.4) is 0 Å². The van der Waals surface area contributed by atoms with E-state index >= 15 is 0 Å². The molecule has 2 saturated heterocycles. The van der Waals surface area contributed by atoms with Crippen molar-refractivity contribution in [3.05, 3.63) is 42.5 Å². The Hall–Kier alpha value is -3.18. The summed E-state index contributed by atoms with van der Waals surface area (Å²) in [5.74, 6) is 1.61. The van der Waals surface area contributed by atoms with Crippen molar-refractivity contribution in [1.29, 1.82) is 5.26 Å². The second kappa shape index (κ2) is 8.45. The fourth-order valence-electron chi connectivity index (χ4n) is 3.84. The maximum atomic E-state index is 12.6. The van der Waals surface area contributed by atoms with Gasteiger partial charge in [-0.1, -0.05) is 6.08 Å².